The van der Waals surface area contributed by atoms with E-state index >= 15 is 0 Å². The van der Waals surface area contributed by atoms with Crippen molar-refractivity contribution in [3.8, 4) is 0 Å². The molecule has 0 spiro atoms. The molecular formula is C14H19F2NO. The molecule has 1 heterocycles. The predicted molar refractivity (Wildman–Crippen MR) is 66.5 cm³/mol. The maximum absolute atomic E-state index is 12.5. The van der Waals surface area contributed by atoms with E-state index in [2.05, 4.69) is 4.90 Å². The first-order valence-electron chi connectivity index (χ1n) is 6.39. The molecular weight excluding hydrogens is 236 g/mol. The Labute approximate surface area is 106 Å². The van der Waals surface area contributed by atoms with Gasteiger partial charge in [-0.15, -0.1) is 0 Å². The first-order chi connectivity index (χ1) is 8.66. The highest BCUT2D eigenvalue weighted by Crippen LogP contribution is 2.24. The van der Waals surface area contributed by atoms with E-state index in [1.54, 1.807) is 0 Å². The van der Waals surface area contributed by atoms with Crippen molar-refractivity contribution in [3.05, 3.63) is 35.9 Å². The van der Waals surface area contributed by atoms with Crippen LogP contribution in [0.3, 0.4) is 0 Å². The Morgan fingerprint density at radius 1 is 1.28 bits per heavy atom. The average Bonchev–Trinajstić information content (AvgIpc) is 2.39. The van der Waals surface area contributed by atoms with E-state index in [-0.39, 0.29) is 5.92 Å². The third-order valence-electron chi connectivity index (χ3n) is 3.53. The number of nitrogens with zero attached hydrogens (tertiary/aromatic N) is 1. The van der Waals surface area contributed by atoms with Crippen LogP contribution in [0.2, 0.25) is 0 Å². The summed E-state index contributed by atoms with van der Waals surface area (Å²) in [5, 5.41) is 9.46. The molecule has 0 radical (unpaired) electrons. The van der Waals surface area contributed by atoms with Crippen molar-refractivity contribution in [1.82, 2.24) is 4.90 Å². The fourth-order valence-electron chi connectivity index (χ4n) is 2.56. The maximum Gasteiger partial charge on any atom is 0.264 e. The van der Waals surface area contributed by atoms with Crippen LogP contribution >= 0.6 is 0 Å². The number of aliphatic hydroxyl groups excluding tert-OH is 1. The predicted octanol–water partition coefficient (Wildman–Crippen LogP) is 2.52. The molecule has 4 heteroatoms. The molecule has 0 aromatic heterocycles. The molecule has 1 N–H and O–H groups in total. The van der Waals surface area contributed by atoms with Crippen LogP contribution in [-0.4, -0.2) is 35.6 Å². The van der Waals surface area contributed by atoms with Gasteiger partial charge < -0.3 is 5.11 Å². The minimum atomic E-state index is -2.63. The van der Waals surface area contributed by atoms with E-state index in [0.29, 0.717) is 13.0 Å². The first-order valence-corrected chi connectivity index (χ1v) is 6.39. The number of halogens is 2. The zero-order valence-corrected chi connectivity index (χ0v) is 10.3. The van der Waals surface area contributed by atoms with Crippen molar-refractivity contribution in [2.45, 2.75) is 31.9 Å². The van der Waals surface area contributed by atoms with E-state index in [4.69, 9.17) is 0 Å². The van der Waals surface area contributed by atoms with Crippen LogP contribution in [0.4, 0.5) is 8.78 Å². The number of alkyl halides is 2. The van der Waals surface area contributed by atoms with Crippen molar-refractivity contribution in [3.63, 3.8) is 0 Å². The zero-order valence-electron chi connectivity index (χ0n) is 10.3. The highest BCUT2D eigenvalue weighted by Gasteiger charge is 2.31. The highest BCUT2D eigenvalue weighted by molar-refractivity contribution is 5.14. The normalized spacial score (nSPS) is 23.2. The molecule has 1 aliphatic heterocycles. The highest BCUT2D eigenvalue weighted by atomic mass is 19.3. The van der Waals surface area contributed by atoms with Crippen molar-refractivity contribution in [2.24, 2.45) is 5.92 Å². The molecule has 2 atom stereocenters. The molecule has 1 saturated heterocycles. The summed E-state index contributed by atoms with van der Waals surface area (Å²) in [6.45, 7) is 2.25. The lowest BCUT2D eigenvalue weighted by Gasteiger charge is -2.34. The molecule has 2 rings (SSSR count). The summed E-state index contributed by atoms with van der Waals surface area (Å²) in [4.78, 5) is 2.15. The Balaban J connectivity index is 1.91. The quantitative estimate of drug-likeness (QED) is 0.893. The fourth-order valence-corrected chi connectivity index (χ4v) is 2.56. The Hall–Kier alpha value is -1.00. The molecule has 2 nitrogen and oxygen atoms in total. The van der Waals surface area contributed by atoms with Gasteiger partial charge in [0.2, 0.25) is 0 Å². The van der Waals surface area contributed by atoms with Crippen LogP contribution in [0, 0.1) is 5.92 Å². The topological polar surface area (TPSA) is 23.5 Å². The van der Waals surface area contributed by atoms with Gasteiger partial charge in [-0.1, -0.05) is 30.3 Å². The molecule has 1 aromatic rings. The maximum atomic E-state index is 12.5. The molecule has 1 aromatic carbocycles. The number of likely N-dealkylation sites (tertiary alicyclic amines) is 1. The second kappa shape index (κ2) is 6.25. The largest absolute Gasteiger partial charge is 0.387 e. The number of aliphatic hydroxyl groups is 1. The molecule has 0 saturated carbocycles. The molecule has 1 fully saturated rings. The van der Waals surface area contributed by atoms with Crippen LogP contribution in [-0.2, 0) is 6.54 Å². The summed E-state index contributed by atoms with van der Waals surface area (Å²) in [6, 6.07) is 9.99. The van der Waals surface area contributed by atoms with Crippen LogP contribution in [0.15, 0.2) is 30.3 Å². The average molecular weight is 255 g/mol. The first kappa shape index (κ1) is 13.4. The van der Waals surface area contributed by atoms with E-state index in [9.17, 15) is 13.9 Å². The molecule has 1 aliphatic rings. The third kappa shape index (κ3) is 3.50. The van der Waals surface area contributed by atoms with Gasteiger partial charge in [0.25, 0.3) is 6.43 Å². The van der Waals surface area contributed by atoms with E-state index < -0.39 is 12.5 Å². The summed E-state index contributed by atoms with van der Waals surface area (Å²) in [5.41, 5.74) is 1.18. The van der Waals surface area contributed by atoms with Crippen molar-refractivity contribution in [1.29, 1.82) is 0 Å². The summed E-state index contributed by atoms with van der Waals surface area (Å²) < 4.78 is 25.0. The van der Waals surface area contributed by atoms with E-state index in [1.165, 1.54) is 5.56 Å². The van der Waals surface area contributed by atoms with E-state index in [0.717, 1.165) is 19.5 Å². The zero-order chi connectivity index (χ0) is 13.0. The van der Waals surface area contributed by atoms with Crippen LogP contribution < -0.4 is 0 Å². The van der Waals surface area contributed by atoms with Gasteiger partial charge in [-0.2, -0.15) is 0 Å². The number of benzene rings is 1. The lowest BCUT2D eigenvalue weighted by Crippen LogP contribution is -2.42. The number of rotatable bonds is 4. The summed E-state index contributed by atoms with van der Waals surface area (Å²) in [5.74, 6) is -0.303. The molecule has 100 valence electrons. The van der Waals surface area contributed by atoms with Crippen molar-refractivity contribution >= 4 is 0 Å². The summed E-state index contributed by atoms with van der Waals surface area (Å²) in [6.07, 6.45) is -2.55. The Kier molecular flexibility index (Phi) is 4.66. The van der Waals surface area contributed by atoms with Crippen molar-refractivity contribution in [2.75, 3.05) is 13.1 Å². The summed E-state index contributed by atoms with van der Waals surface area (Å²) in [7, 11) is 0. The van der Waals surface area contributed by atoms with Crippen LogP contribution in [0.25, 0.3) is 0 Å². The van der Waals surface area contributed by atoms with Crippen LogP contribution in [0.5, 0.6) is 0 Å². The second-order valence-electron chi connectivity index (χ2n) is 4.95. The fraction of sp³-hybridized carbons (Fsp3) is 0.571. The lowest BCUT2D eigenvalue weighted by atomic mass is 9.92. The van der Waals surface area contributed by atoms with Crippen molar-refractivity contribution < 1.29 is 13.9 Å². The minimum absolute atomic E-state index is 0.303. The summed E-state index contributed by atoms with van der Waals surface area (Å²) >= 11 is 0. The number of piperidine rings is 1. The smallest absolute Gasteiger partial charge is 0.264 e. The Morgan fingerprint density at radius 2 is 2.00 bits per heavy atom. The van der Waals surface area contributed by atoms with Crippen LogP contribution in [0.1, 0.15) is 18.4 Å². The molecule has 2 unspecified atom stereocenters. The minimum Gasteiger partial charge on any atom is -0.387 e. The van der Waals surface area contributed by atoms with Gasteiger partial charge in [0.1, 0.15) is 6.10 Å². The number of hydrogen-bond donors (Lipinski definition) is 1. The third-order valence-corrected chi connectivity index (χ3v) is 3.53. The monoisotopic (exact) mass is 255 g/mol. The lowest BCUT2D eigenvalue weighted by molar-refractivity contribution is -0.0572. The Morgan fingerprint density at radius 3 is 2.67 bits per heavy atom. The van der Waals surface area contributed by atoms with Gasteiger partial charge in [-0.3, -0.25) is 4.90 Å². The van der Waals surface area contributed by atoms with Gasteiger partial charge in [0, 0.05) is 19.0 Å². The molecule has 0 bridgehead atoms. The van der Waals surface area contributed by atoms with E-state index in [1.807, 2.05) is 30.3 Å². The van der Waals surface area contributed by atoms with Gasteiger partial charge >= 0.3 is 0 Å². The standard InChI is InChI=1S/C14H19F2NO/c15-14(16)13(18)12-7-4-8-17(10-12)9-11-5-2-1-3-6-11/h1-3,5-6,12-14,18H,4,7-10H2. The second-order valence-corrected chi connectivity index (χ2v) is 4.95. The number of hydrogen-bond acceptors (Lipinski definition) is 2. The SMILES string of the molecule is OC(C(F)F)C1CCCN(Cc2ccccc2)C1. The molecule has 0 aliphatic carbocycles. The van der Waals surface area contributed by atoms with Gasteiger partial charge in [0.15, 0.2) is 0 Å². The van der Waals surface area contributed by atoms with Gasteiger partial charge in [-0.05, 0) is 24.9 Å². The van der Waals surface area contributed by atoms with Gasteiger partial charge in [0.05, 0.1) is 0 Å². The molecule has 18 heavy (non-hydrogen) atoms. The van der Waals surface area contributed by atoms with Gasteiger partial charge in [-0.25, -0.2) is 8.78 Å². The molecule has 0 amide bonds. The Bertz CT molecular complexity index is 358.